The molecule has 0 aliphatic carbocycles. The molecule has 2 nitrogen and oxygen atoms in total. The highest BCUT2D eigenvalue weighted by molar-refractivity contribution is 8.00. The van der Waals surface area contributed by atoms with Gasteiger partial charge in [-0.1, -0.05) is 6.07 Å². The lowest BCUT2D eigenvalue weighted by Gasteiger charge is -2.27. The van der Waals surface area contributed by atoms with Crippen molar-refractivity contribution in [3.05, 3.63) is 24.3 Å². The Bertz CT molecular complexity index is 530. The minimum absolute atomic E-state index is 0.00127. The highest BCUT2D eigenvalue weighted by Crippen LogP contribution is 2.53. The Labute approximate surface area is 118 Å². The average Bonchev–Trinajstić information content (AvgIpc) is 2.25. The van der Waals surface area contributed by atoms with E-state index in [0.717, 1.165) is 25.1 Å². The fourth-order valence-electron chi connectivity index (χ4n) is 1.22. The summed E-state index contributed by atoms with van der Waals surface area (Å²) in [7, 11) is 0. The minimum Gasteiger partial charge on any atom is -0.326 e. The summed E-state index contributed by atoms with van der Waals surface area (Å²) >= 11 is -0.934. The molecule has 0 saturated heterocycles. The second-order valence-corrected chi connectivity index (χ2v) is 5.09. The number of alkyl halides is 7. The van der Waals surface area contributed by atoms with Crippen molar-refractivity contribution >= 4 is 23.4 Å². The zero-order chi connectivity index (χ0) is 16.5. The molecule has 0 saturated carbocycles. The molecular formula is C11H8F7NOS. The topological polar surface area (TPSA) is 29.1 Å². The minimum atomic E-state index is -6.38. The van der Waals surface area contributed by atoms with Crippen molar-refractivity contribution in [1.29, 1.82) is 0 Å². The smallest absolute Gasteiger partial charge is 0.326 e. The van der Waals surface area contributed by atoms with E-state index in [1.165, 1.54) is 6.07 Å². The summed E-state index contributed by atoms with van der Waals surface area (Å²) in [5, 5.41) is -3.20. The van der Waals surface area contributed by atoms with Crippen LogP contribution in [0.1, 0.15) is 6.92 Å². The maximum Gasteiger partial charge on any atom is 0.460 e. The normalized spacial score (nSPS) is 13.1. The van der Waals surface area contributed by atoms with Gasteiger partial charge in [-0.05, 0) is 30.0 Å². The molecule has 10 heteroatoms. The number of amides is 1. The molecule has 0 fully saturated rings. The van der Waals surface area contributed by atoms with E-state index in [-0.39, 0.29) is 5.69 Å². The third-order valence-electron chi connectivity index (χ3n) is 2.12. The summed E-state index contributed by atoms with van der Waals surface area (Å²) in [5.41, 5.74) is -0.00127. The maximum atomic E-state index is 13.2. The van der Waals surface area contributed by atoms with E-state index in [1.54, 1.807) is 0 Å². The number of hydrogen-bond acceptors (Lipinski definition) is 2. The lowest BCUT2D eigenvalue weighted by molar-refractivity contribution is -0.330. The predicted octanol–water partition coefficient (Wildman–Crippen LogP) is 4.53. The number of nitrogens with one attached hydrogen (secondary N) is 1. The van der Waals surface area contributed by atoms with Gasteiger partial charge in [0.15, 0.2) is 0 Å². The largest absolute Gasteiger partial charge is 0.460 e. The Kier molecular flexibility index (Phi) is 4.81. The summed E-state index contributed by atoms with van der Waals surface area (Å²) in [6, 6.07) is 4.20. The van der Waals surface area contributed by atoms with Crippen molar-refractivity contribution in [3.8, 4) is 0 Å². The van der Waals surface area contributed by atoms with Crippen LogP contribution in [-0.4, -0.2) is 23.3 Å². The monoisotopic (exact) mass is 335 g/mol. The zero-order valence-corrected chi connectivity index (χ0v) is 11.1. The van der Waals surface area contributed by atoms with E-state index < -0.39 is 39.9 Å². The lowest BCUT2D eigenvalue weighted by atomic mass is 10.3. The van der Waals surface area contributed by atoms with Gasteiger partial charge in [-0.15, -0.1) is 0 Å². The highest BCUT2D eigenvalue weighted by atomic mass is 32.2. The van der Waals surface area contributed by atoms with E-state index in [9.17, 15) is 35.5 Å². The molecule has 1 aromatic carbocycles. The molecule has 0 heterocycles. The van der Waals surface area contributed by atoms with Crippen LogP contribution in [0.3, 0.4) is 0 Å². The fourth-order valence-corrected chi connectivity index (χ4v) is 2.09. The van der Waals surface area contributed by atoms with Crippen LogP contribution in [0.4, 0.5) is 36.4 Å². The lowest BCUT2D eigenvalue weighted by Crippen LogP contribution is -2.49. The number of halogens is 7. The van der Waals surface area contributed by atoms with Crippen LogP contribution in [0, 0.1) is 0 Å². The van der Waals surface area contributed by atoms with Crippen molar-refractivity contribution in [2.24, 2.45) is 0 Å². The molecule has 1 rings (SSSR count). The predicted molar refractivity (Wildman–Crippen MR) is 62.6 cm³/mol. The molecule has 0 spiro atoms. The Balaban J connectivity index is 3.01. The van der Waals surface area contributed by atoms with Crippen LogP contribution in [0.25, 0.3) is 0 Å². The van der Waals surface area contributed by atoms with Crippen molar-refractivity contribution < 1.29 is 35.5 Å². The summed E-state index contributed by atoms with van der Waals surface area (Å²) in [4.78, 5) is 10.2. The van der Waals surface area contributed by atoms with Crippen molar-refractivity contribution in [2.75, 3.05) is 5.32 Å². The molecule has 0 atom stereocenters. The van der Waals surface area contributed by atoms with Gasteiger partial charge in [-0.25, -0.2) is 0 Å². The van der Waals surface area contributed by atoms with E-state index >= 15 is 0 Å². The number of anilines is 1. The molecule has 0 radical (unpaired) electrons. The summed E-state index contributed by atoms with van der Waals surface area (Å²) in [5.74, 6) is -6.74. The van der Waals surface area contributed by atoms with Crippen LogP contribution < -0.4 is 5.32 Å². The first-order chi connectivity index (χ1) is 9.37. The van der Waals surface area contributed by atoms with E-state index in [0.29, 0.717) is 0 Å². The first-order valence-corrected chi connectivity index (χ1v) is 6.07. The van der Waals surface area contributed by atoms with Gasteiger partial charge in [0, 0.05) is 17.5 Å². The standard InChI is InChI=1S/C11H8F7NOS/c1-6(20)19-7-3-2-4-8(5-7)21-11(17,18)9(12,13)10(14,15)16/h2-5H,1H3,(H,19,20). The van der Waals surface area contributed by atoms with Crippen LogP contribution in [0.15, 0.2) is 29.2 Å². The Morgan fingerprint density at radius 2 is 1.67 bits per heavy atom. The second kappa shape index (κ2) is 5.74. The van der Waals surface area contributed by atoms with Gasteiger partial charge in [0.25, 0.3) is 0 Å². The Morgan fingerprint density at radius 3 is 2.14 bits per heavy atom. The summed E-state index contributed by atoms with van der Waals surface area (Å²) in [6.07, 6.45) is -6.38. The number of carbonyl (C=O) groups excluding carboxylic acids is 1. The van der Waals surface area contributed by atoms with Gasteiger partial charge in [0.05, 0.1) is 0 Å². The molecule has 1 amide bonds. The van der Waals surface area contributed by atoms with Gasteiger partial charge < -0.3 is 5.32 Å². The first-order valence-electron chi connectivity index (χ1n) is 5.26. The number of rotatable bonds is 4. The first kappa shape index (κ1) is 17.6. The SMILES string of the molecule is CC(=O)Nc1cccc(SC(F)(F)C(F)(F)C(F)(F)F)c1. The van der Waals surface area contributed by atoms with Crippen molar-refractivity contribution in [2.45, 2.75) is 29.2 Å². The van der Waals surface area contributed by atoms with Crippen molar-refractivity contribution in [3.63, 3.8) is 0 Å². The maximum absolute atomic E-state index is 13.2. The molecule has 0 bridgehead atoms. The van der Waals surface area contributed by atoms with Gasteiger partial charge >= 0.3 is 17.4 Å². The quantitative estimate of drug-likeness (QED) is 0.647. The second-order valence-electron chi connectivity index (χ2n) is 3.90. The number of hydrogen-bond donors (Lipinski definition) is 1. The van der Waals surface area contributed by atoms with E-state index in [2.05, 4.69) is 5.32 Å². The number of benzene rings is 1. The molecule has 0 aromatic heterocycles. The Hall–Kier alpha value is -1.45. The van der Waals surface area contributed by atoms with Crippen LogP contribution in [-0.2, 0) is 4.79 Å². The number of thioether (sulfide) groups is 1. The molecule has 21 heavy (non-hydrogen) atoms. The summed E-state index contributed by atoms with van der Waals surface area (Å²) in [6.45, 7) is 1.12. The molecule has 118 valence electrons. The van der Waals surface area contributed by atoms with E-state index in [1.807, 2.05) is 0 Å². The fraction of sp³-hybridized carbons (Fsp3) is 0.364. The Morgan fingerprint density at radius 1 is 1.10 bits per heavy atom. The van der Waals surface area contributed by atoms with Gasteiger partial charge in [-0.3, -0.25) is 4.79 Å². The van der Waals surface area contributed by atoms with Gasteiger partial charge in [0.2, 0.25) is 5.91 Å². The van der Waals surface area contributed by atoms with Crippen molar-refractivity contribution in [1.82, 2.24) is 0 Å². The zero-order valence-electron chi connectivity index (χ0n) is 10.3. The highest BCUT2D eigenvalue weighted by Gasteiger charge is 2.73. The summed E-state index contributed by atoms with van der Waals surface area (Å²) < 4.78 is 87.8. The van der Waals surface area contributed by atoms with Crippen LogP contribution in [0.2, 0.25) is 0 Å². The molecular weight excluding hydrogens is 327 g/mol. The average molecular weight is 335 g/mol. The van der Waals surface area contributed by atoms with Gasteiger partial charge in [0.1, 0.15) is 0 Å². The molecule has 1 N–H and O–H groups in total. The third kappa shape index (κ3) is 4.02. The third-order valence-corrected chi connectivity index (χ3v) is 3.12. The molecule has 0 unspecified atom stereocenters. The van der Waals surface area contributed by atoms with Crippen LogP contribution >= 0.6 is 11.8 Å². The van der Waals surface area contributed by atoms with Gasteiger partial charge in [-0.2, -0.15) is 30.7 Å². The number of carbonyl (C=O) groups is 1. The van der Waals surface area contributed by atoms with E-state index in [4.69, 9.17) is 0 Å². The molecule has 0 aliphatic heterocycles. The molecule has 1 aromatic rings. The molecule has 0 aliphatic rings. The van der Waals surface area contributed by atoms with Crippen LogP contribution in [0.5, 0.6) is 0 Å².